The fourth-order valence-corrected chi connectivity index (χ4v) is 1.72. The minimum Gasteiger partial charge on any atom is -0.443 e. The molecule has 1 amide bonds. The lowest BCUT2D eigenvalue weighted by atomic mass is 10.2. The van der Waals surface area contributed by atoms with Crippen LogP contribution >= 0.6 is 0 Å². The second kappa shape index (κ2) is 8.92. The van der Waals surface area contributed by atoms with Gasteiger partial charge in [0.25, 0.3) is 5.69 Å². The third-order valence-corrected chi connectivity index (χ3v) is 2.80. The van der Waals surface area contributed by atoms with Crippen LogP contribution in [0.3, 0.4) is 0 Å². The van der Waals surface area contributed by atoms with Crippen LogP contribution in [-0.2, 0) is 16.2 Å². The second-order valence-corrected chi connectivity index (χ2v) is 4.56. The van der Waals surface area contributed by atoms with Crippen molar-refractivity contribution in [2.75, 3.05) is 6.61 Å². The minimum absolute atomic E-state index is 0.0367. The number of carbonyl (C=O) groups is 1. The fraction of sp³-hybridized carbons (Fsp3) is 0.118. The van der Waals surface area contributed by atoms with Crippen LogP contribution in [0.1, 0.15) is 11.1 Å². The van der Waals surface area contributed by atoms with Crippen molar-refractivity contribution < 1.29 is 19.3 Å². The Bertz CT molecular complexity index is 765. The number of hydrogen-bond acceptors (Lipinski definition) is 5. The molecule has 0 radical (unpaired) electrons. The number of hydrogen-bond donors (Lipinski definition) is 1. The number of amides is 1. The molecule has 122 valence electrons. The number of nitrogens with zero attached hydrogens (tertiary/aromatic N) is 1. The molecule has 0 spiro atoms. The van der Waals surface area contributed by atoms with Gasteiger partial charge in [0.05, 0.1) is 4.92 Å². The molecule has 0 fully saturated rings. The number of carbonyl (C=O) groups excluding carboxylic acids is 1. The first kappa shape index (κ1) is 17.0. The highest BCUT2D eigenvalue weighted by Crippen LogP contribution is 2.11. The number of benzene rings is 2. The highest BCUT2D eigenvalue weighted by molar-refractivity contribution is 5.65. The van der Waals surface area contributed by atoms with Gasteiger partial charge in [0.15, 0.2) is 0 Å². The van der Waals surface area contributed by atoms with Crippen molar-refractivity contribution in [3.8, 4) is 11.8 Å². The van der Waals surface area contributed by atoms with Crippen molar-refractivity contribution in [1.29, 1.82) is 0 Å². The number of ether oxygens (including phenoxy) is 1. The third kappa shape index (κ3) is 5.79. The summed E-state index contributed by atoms with van der Waals surface area (Å²) in [4.78, 5) is 26.4. The van der Waals surface area contributed by atoms with Crippen LogP contribution < -0.4 is 5.48 Å². The Morgan fingerprint density at radius 2 is 1.96 bits per heavy atom. The molecule has 2 aromatic rings. The zero-order chi connectivity index (χ0) is 17.2. The largest absolute Gasteiger partial charge is 0.443 e. The highest BCUT2D eigenvalue weighted by Gasteiger charge is 2.04. The van der Waals surface area contributed by atoms with Gasteiger partial charge in [0.2, 0.25) is 0 Å². The minimum atomic E-state index is -0.726. The molecule has 0 aromatic heterocycles. The SMILES string of the molecule is O=C(NOCC#Cc1cccc([N+](=O)[O-])c1)OCc1ccccc1. The summed E-state index contributed by atoms with van der Waals surface area (Å²) < 4.78 is 4.94. The van der Waals surface area contributed by atoms with Crippen molar-refractivity contribution in [1.82, 2.24) is 5.48 Å². The Kier molecular flexibility index (Phi) is 6.32. The quantitative estimate of drug-likeness (QED) is 0.395. The van der Waals surface area contributed by atoms with Gasteiger partial charge >= 0.3 is 6.09 Å². The van der Waals surface area contributed by atoms with Crippen LogP contribution in [0.4, 0.5) is 10.5 Å². The predicted molar refractivity (Wildman–Crippen MR) is 85.7 cm³/mol. The van der Waals surface area contributed by atoms with Crippen LogP contribution in [-0.4, -0.2) is 17.6 Å². The van der Waals surface area contributed by atoms with Gasteiger partial charge in [-0.1, -0.05) is 48.2 Å². The summed E-state index contributed by atoms with van der Waals surface area (Å²) >= 11 is 0. The van der Waals surface area contributed by atoms with E-state index in [1.54, 1.807) is 12.1 Å². The van der Waals surface area contributed by atoms with E-state index >= 15 is 0 Å². The average molecular weight is 326 g/mol. The summed E-state index contributed by atoms with van der Waals surface area (Å²) in [5.41, 5.74) is 3.41. The van der Waals surface area contributed by atoms with Gasteiger partial charge in [-0.15, -0.1) is 0 Å². The number of hydroxylamine groups is 1. The molecule has 1 N–H and O–H groups in total. The van der Waals surface area contributed by atoms with Gasteiger partial charge in [-0.2, -0.15) is 5.48 Å². The molecule has 0 atom stereocenters. The summed E-state index contributed by atoms with van der Waals surface area (Å²) in [7, 11) is 0. The molecular formula is C17H14N2O5. The molecule has 0 bridgehead atoms. The van der Waals surface area contributed by atoms with Gasteiger partial charge in [-0.05, 0) is 11.6 Å². The molecule has 0 aliphatic rings. The highest BCUT2D eigenvalue weighted by atomic mass is 16.7. The Balaban J connectivity index is 1.70. The van der Waals surface area contributed by atoms with E-state index in [1.165, 1.54) is 12.1 Å². The van der Waals surface area contributed by atoms with Crippen LogP contribution in [0.15, 0.2) is 54.6 Å². The summed E-state index contributed by atoms with van der Waals surface area (Å²) in [5, 5.41) is 10.6. The molecule has 0 aliphatic carbocycles. The molecule has 0 aliphatic heterocycles. The Labute approximate surface area is 138 Å². The van der Waals surface area contributed by atoms with Crippen LogP contribution in [0.2, 0.25) is 0 Å². The van der Waals surface area contributed by atoms with E-state index < -0.39 is 11.0 Å². The smallest absolute Gasteiger partial charge is 0.431 e. The van der Waals surface area contributed by atoms with Crippen molar-refractivity contribution in [3.05, 3.63) is 75.8 Å². The molecule has 0 heterocycles. The number of rotatable bonds is 5. The maximum Gasteiger partial charge on any atom is 0.431 e. The van der Waals surface area contributed by atoms with E-state index in [0.29, 0.717) is 5.56 Å². The predicted octanol–water partition coefficient (Wildman–Crippen LogP) is 2.80. The first-order valence-electron chi connectivity index (χ1n) is 6.97. The molecule has 2 aromatic carbocycles. The lowest BCUT2D eigenvalue weighted by molar-refractivity contribution is -0.384. The summed E-state index contributed by atoms with van der Waals surface area (Å²) in [6.07, 6.45) is -0.726. The van der Waals surface area contributed by atoms with Crippen LogP contribution in [0.25, 0.3) is 0 Å². The first-order valence-corrected chi connectivity index (χ1v) is 6.97. The van der Waals surface area contributed by atoms with E-state index in [4.69, 9.17) is 9.57 Å². The Morgan fingerprint density at radius 3 is 2.71 bits per heavy atom. The molecule has 2 rings (SSSR count). The van der Waals surface area contributed by atoms with Gasteiger partial charge in [-0.25, -0.2) is 4.79 Å². The van der Waals surface area contributed by atoms with E-state index in [1.807, 2.05) is 30.3 Å². The molecule has 0 saturated carbocycles. The number of nitro groups is 1. The maximum absolute atomic E-state index is 11.4. The van der Waals surface area contributed by atoms with E-state index in [9.17, 15) is 14.9 Å². The monoisotopic (exact) mass is 326 g/mol. The number of non-ortho nitro benzene ring substituents is 1. The lowest BCUT2D eigenvalue weighted by Crippen LogP contribution is -2.24. The first-order chi connectivity index (χ1) is 11.6. The molecular weight excluding hydrogens is 312 g/mol. The zero-order valence-electron chi connectivity index (χ0n) is 12.6. The molecule has 0 unspecified atom stereocenters. The summed E-state index contributed by atoms with van der Waals surface area (Å²) in [6.45, 7) is 0.0541. The standard InChI is InChI=1S/C17H14N2O5/c20-17(23-13-15-6-2-1-3-7-15)18-24-11-5-9-14-8-4-10-16(12-14)19(21)22/h1-4,6-8,10,12H,11,13H2,(H,18,20). The Hall–Kier alpha value is -3.37. The third-order valence-electron chi connectivity index (χ3n) is 2.80. The van der Waals surface area contributed by atoms with Gasteiger partial charge in [0.1, 0.15) is 13.2 Å². The van der Waals surface area contributed by atoms with Crippen LogP contribution in [0, 0.1) is 22.0 Å². The topological polar surface area (TPSA) is 90.7 Å². The van der Waals surface area contributed by atoms with Gasteiger partial charge in [-0.3, -0.25) is 15.0 Å². The second-order valence-electron chi connectivity index (χ2n) is 4.56. The van der Waals surface area contributed by atoms with Crippen molar-refractivity contribution in [3.63, 3.8) is 0 Å². The number of nitrogens with one attached hydrogen (secondary N) is 1. The summed E-state index contributed by atoms with van der Waals surface area (Å²) in [5.74, 6) is 5.33. The Morgan fingerprint density at radius 1 is 1.17 bits per heavy atom. The van der Waals surface area contributed by atoms with Crippen molar-refractivity contribution >= 4 is 11.8 Å². The molecule has 7 heteroatoms. The van der Waals surface area contributed by atoms with E-state index in [-0.39, 0.29) is 18.9 Å². The maximum atomic E-state index is 11.4. The van der Waals surface area contributed by atoms with Crippen molar-refractivity contribution in [2.24, 2.45) is 0 Å². The zero-order valence-corrected chi connectivity index (χ0v) is 12.6. The van der Waals surface area contributed by atoms with E-state index in [0.717, 1.165) is 5.56 Å². The van der Waals surface area contributed by atoms with Crippen LogP contribution in [0.5, 0.6) is 0 Å². The average Bonchev–Trinajstić information content (AvgIpc) is 2.61. The molecule has 24 heavy (non-hydrogen) atoms. The molecule has 7 nitrogen and oxygen atoms in total. The lowest BCUT2D eigenvalue weighted by Gasteiger charge is -2.05. The fourth-order valence-electron chi connectivity index (χ4n) is 1.72. The molecule has 0 saturated heterocycles. The van der Waals surface area contributed by atoms with Gasteiger partial charge in [0, 0.05) is 17.7 Å². The normalized spacial score (nSPS) is 9.50. The summed E-state index contributed by atoms with van der Waals surface area (Å²) in [6, 6.07) is 15.1. The van der Waals surface area contributed by atoms with Crippen molar-refractivity contribution in [2.45, 2.75) is 6.61 Å². The number of nitro benzene ring substituents is 1. The van der Waals surface area contributed by atoms with Gasteiger partial charge < -0.3 is 4.74 Å². The van der Waals surface area contributed by atoms with E-state index in [2.05, 4.69) is 17.3 Å².